The first-order valence-corrected chi connectivity index (χ1v) is 8.61. The van der Waals surface area contributed by atoms with Crippen molar-refractivity contribution in [3.05, 3.63) is 0 Å². The second-order valence-electron chi connectivity index (χ2n) is 6.62. The Bertz CT molecular complexity index is 303. The minimum absolute atomic E-state index is 0.0308. The van der Waals surface area contributed by atoms with E-state index in [-0.39, 0.29) is 18.0 Å². The molecule has 0 unspecified atom stereocenters. The summed E-state index contributed by atoms with van der Waals surface area (Å²) in [5.41, 5.74) is 0. The fraction of sp³-hybridized carbons (Fsp3) is 0.941. The average Bonchev–Trinajstić information content (AvgIpc) is 2.47. The number of rotatable bonds is 5. The molecule has 2 rings (SSSR count). The Kier molecular flexibility index (Phi) is 6.34. The lowest BCUT2D eigenvalue weighted by Crippen LogP contribution is -2.38. The van der Waals surface area contributed by atoms with E-state index in [1.165, 1.54) is 25.7 Å². The molecular formula is C17H30O3. The van der Waals surface area contributed by atoms with E-state index in [4.69, 9.17) is 4.74 Å². The lowest BCUT2D eigenvalue weighted by atomic mass is 9.76. The molecule has 3 nitrogen and oxygen atoms in total. The van der Waals surface area contributed by atoms with Gasteiger partial charge in [0.15, 0.2) is 0 Å². The van der Waals surface area contributed by atoms with E-state index in [1.807, 2.05) is 0 Å². The standard InChI is InChI=1S/C17H30O3/c1-2-3-8-13-9-4-5-10-14(13)17(19)20-16-12-7-6-11-15(16)18/h13-16,18H,2-12H2,1H3/t13-,14-,15-,16-/m1/s1. The molecule has 0 saturated heterocycles. The van der Waals surface area contributed by atoms with Crippen molar-refractivity contribution in [3.63, 3.8) is 0 Å². The molecule has 0 heterocycles. The molecule has 0 radical (unpaired) electrons. The molecule has 1 N–H and O–H groups in total. The summed E-state index contributed by atoms with van der Waals surface area (Å²) in [6.45, 7) is 2.20. The highest BCUT2D eigenvalue weighted by molar-refractivity contribution is 5.73. The lowest BCUT2D eigenvalue weighted by Gasteiger charge is -2.33. The molecule has 20 heavy (non-hydrogen) atoms. The van der Waals surface area contributed by atoms with Gasteiger partial charge in [-0.2, -0.15) is 0 Å². The SMILES string of the molecule is CCCC[C@@H]1CCCC[C@H]1C(=O)O[C@@H]1CCCC[C@H]1O. The van der Waals surface area contributed by atoms with Crippen molar-refractivity contribution < 1.29 is 14.6 Å². The minimum Gasteiger partial charge on any atom is -0.459 e. The Labute approximate surface area is 123 Å². The van der Waals surface area contributed by atoms with Crippen molar-refractivity contribution in [2.75, 3.05) is 0 Å². The van der Waals surface area contributed by atoms with Gasteiger partial charge >= 0.3 is 5.97 Å². The van der Waals surface area contributed by atoms with Crippen LogP contribution in [0.4, 0.5) is 0 Å². The van der Waals surface area contributed by atoms with Gasteiger partial charge in [0.1, 0.15) is 6.10 Å². The summed E-state index contributed by atoms with van der Waals surface area (Å²) in [5.74, 6) is 0.568. The van der Waals surface area contributed by atoms with Gasteiger partial charge in [0, 0.05) is 0 Å². The Hall–Kier alpha value is -0.570. The molecule has 0 amide bonds. The molecule has 2 saturated carbocycles. The van der Waals surface area contributed by atoms with Crippen molar-refractivity contribution in [2.24, 2.45) is 11.8 Å². The van der Waals surface area contributed by atoms with Crippen LogP contribution in [0.1, 0.15) is 77.6 Å². The van der Waals surface area contributed by atoms with Crippen LogP contribution in [0, 0.1) is 11.8 Å². The summed E-state index contributed by atoms with van der Waals surface area (Å²) in [6, 6.07) is 0. The van der Waals surface area contributed by atoms with Crippen LogP contribution in [0.25, 0.3) is 0 Å². The Morgan fingerprint density at radius 3 is 2.55 bits per heavy atom. The summed E-state index contributed by atoms with van der Waals surface area (Å²) in [5, 5.41) is 9.95. The van der Waals surface area contributed by atoms with Gasteiger partial charge in [0.25, 0.3) is 0 Å². The van der Waals surface area contributed by atoms with E-state index < -0.39 is 6.10 Å². The van der Waals surface area contributed by atoms with Crippen LogP contribution >= 0.6 is 0 Å². The first-order valence-electron chi connectivity index (χ1n) is 8.61. The van der Waals surface area contributed by atoms with E-state index in [0.717, 1.165) is 44.9 Å². The predicted molar refractivity (Wildman–Crippen MR) is 79.3 cm³/mol. The molecule has 0 aromatic rings. The van der Waals surface area contributed by atoms with E-state index in [9.17, 15) is 9.90 Å². The van der Waals surface area contributed by atoms with Gasteiger partial charge in [-0.1, -0.05) is 39.0 Å². The number of hydrogen-bond acceptors (Lipinski definition) is 3. The number of hydrogen-bond donors (Lipinski definition) is 1. The maximum Gasteiger partial charge on any atom is 0.309 e. The summed E-state index contributed by atoms with van der Waals surface area (Å²) in [7, 11) is 0. The molecule has 2 aliphatic carbocycles. The summed E-state index contributed by atoms with van der Waals surface area (Å²) in [4.78, 5) is 12.5. The molecule has 0 bridgehead atoms. The first-order chi connectivity index (χ1) is 9.72. The molecular weight excluding hydrogens is 252 g/mol. The Balaban J connectivity index is 1.88. The van der Waals surface area contributed by atoms with Gasteiger partial charge < -0.3 is 9.84 Å². The second-order valence-corrected chi connectivity index (χ2v) is 6.62. The van der Waals surface area contributed by atoms with Crippen molar-refractivity contribution in [3.8, 4) is 0 Å². The molecule has 0 aliphatic heterocycles. The van der Waals surface area contributed by atoms with Gasteiger partial charge in [0.2, 0.25) is 0 Å². The molecule has 0 spiro atoms. The maximum atomic E-state index is 12.5. The van der Waals surface area contributed by atoms with Crippen molar-refractivity contribution >= 4 is 5.97 Å². The van der Waals surface area contributed by atoms with E-state index >= 15 is 0 Å². The number of esters is 1. The minimum atomic E-state index is -0.439. The molecule has 3 heteroatoms. The number of carbonyl (C=O) groups excluding carboxylic acids is 1. The van der Waals surface area contributed by atoms with Gasteiger partial charge in [-0.15, -0.1) is 0 Å². The van der Waals surface area contributed by atoms with Gasteiger partial charge in [-0.25, -0.2) is 0 Å². The summed E-state index contributed by atoms with van der Waals surface area (Å²) < 4.78 is 5.66. The smallest absolute Gasteiger partial charge is 0.309 e. The maximum absolute atomic E-state index is 12.5. The number of carbonyl (C=O) groups is 1. The number of aliphatic hydroxyl groups excluding tert-OH is 1. The van der Waals surface area contributed by atoms with E-state index in [2.05, 4.69) is 6.92 Å². The highest BCUT2D eigenvalue weighted by atomic mass is 16.6. The fourth-order valence-electron chi connectivity index (χ4n) is 3.78. The number of ether oxygens (including phenoxy) is 1. The number of unbranched alkanes of at least 4 members (excludes halogenated alkanes) is 1. The normalized spacial score (nSPS) is 34.7. The zero-order chi connectivity index (χ0) is 14.4. The third kappa shape index (κ3) is 4.21. The van der Waals surface area contributed by atoms with Gasteiger partial charge in [-0.3, -0.25) is 4.79 Å². The first kappa shape index (κ1) is 15.8. The quantitative estimate of drug-likeness (QED) is 0.780. The van der Waals surface area contributed by atoms with Crippen molar-refractivity contribution in [1.82, 2.24) is 0 Å². The Morgan fingerprint density at radius 2 is 1.80 bits per heavy atom. The molecule has 116 valence electrons. The summed E-state index contributed by atoms with van der Waals surface area (Å²) >= 11 is 0. The highest BCUT2D eigenvalue weighted by Gasteiger charge is 2.34. The van der Waals surface area contributed by atoms with Crippen LogP contribution in [0.2, 0.25) is 0 Å². The summed E-state index contributed by atoms with van der Waals surface area (Å²) in [6.07, 6.45) is 11.2. The lowest BCUT2D eigenvalue weighted by molar-refractivity contribution is -0.166. The second kappa shape index (κ2) is 8.02. The third-order valence-corrected chi connectivity index (χ3v) is 5.08. The zero-order valence-electron chi connectivity index (χ0n) is 12.9. The van der Waals surface area contributed by atoms with Crippen LogP contribution in [0.15, 0.2) is 0 Å². The van der Waals surface area contributed by atoms with Gasteiger partial charge in [-0.05, 0) is 44.4 Å². The largest absolute Gasteiger partial charge is 0.459 e. The van der Waals surface area contributed by atoms with Crippen LogP contribution in [0.5, 0.6) is 0 Å². The molecule has 0 aromatic heterocycles. The highest BCUT2D eigenvalue weighted by Crippen LogP contribution is 2.35. The average molecular weight is 282 g/mol. The topological polar surface area (TPSA) is 46.5 Å². The Morgan fingerprint density at radius 1 is 1.10 bits per heavy atom. The van der Waals surface area contributed by atoms with E-state index in [1.54, 1.807) is 0 Å². The fourth-order valence-corrected chi connectivity index (χ4v) is 3.78. The monoisotopic (exact) mass is 282 g/mol. The molecule has 2 aliphatic rings. The molecule has 2 fully saturated rings. The van der Waals surface area contributed by atoms with Crippen LogP contribution in [0.3, 0.4) is 0 Å². The van der Waals surface area contributed by atoms with Gasteiger partial charge in [0.05, 0.1) is 12.0 Å². The van der Waals surface area contributed by atoms with E-state index in [0.29, 0.717) is 5.92 Å². The molecule has 4 atom stereocenters. The van der Waals surface area contributed by atoms with Crippen molar-refractivity contribution in [1.29, 1.82) is 0 Å². The molecule has 0 aromatic carbocycles. The van der Waals surface area contributed by atoms with Crippen molar-refractivity contribution in [2.45, 2.75) is 89.8 Å². The number of aliphatic hydroxyl groups is 1. The zero-order valence-corrected chi connectivity index (χ0v) is 12.9. The van der Waals surface area contributed by atoms with Crippen LogP contribution in [-0.4, -0.2) is 23.3 Å². The van der Waals surface area contributed by atoms with Crippen LogP contribution in [-0.2, 0) is 9.53 Å². The predicted octanol–water partition coefficient (Wildman–Crippen LogP) is 3.83. The van der Waals surface area contributed by atoms with Crippen LogP contribution < -0.4 is 0 Å². The third-order valence-electron chi connectivity index (χ3n) is 5.08.